The van der Waals surface area contributed by atoms with Gasteiger partial charge in [0.25, 0.3) is 0 Å². The fourth-order valence-corrected chi connectivity index (χ4v) is 3.39. The van der Waals surface area contributed by atoms with E-state index in [-0.39, 0.29) is 0 Å². The molecule has 0 N–H and O–H groups in total. The Bertz CT molecular complexity index is 592. The van der Waals surface area contributed by atoms with Gasteiger partial charge in [-0.1, -0.05) is 33.1 Å². The molecule has 1 aromatic carbocycles. The molecule has 2 aromatic rings. The van der Waals surface area contributed by atoms with E-state index in [1.54, 1.807) is 0 Å². The second-order valence-electron chi connectivity index (χ2n) is 5.36. The van der Waals surface area contributed by atoms with Crippen molar-refractivity contribution >= 4 is 42.9 Å². The molecule has 3 nitrogen and oxygen atoms in total. The summed E-state index contributed by atoms with van der Waals surface area (Å²) in [7, 11) is 0. The van der Waals surface area contributed by atoms with E-state index in [0.29, 0.717) is 5.92 Å². The molecule has 0 aliphatic heterocycles. The fourth-order valence-electron chi connectivity index (χ4n) is 2.40. The number of unbranched alkanes of at least 4 members (excludes halogenated alkanes) is 1. The Morgan fingerprint density at radius 2 is 1.90 bits per heavy atom. The predicted octanol–water partition coefficient (Wildman–Crippen LogP) is 5.48. The van der Waals surface area contributed by atoms with Gasteiger partial charge >= 0.3 is 0 Å². The van der Waals surface area contributed by atoms with Crippen molar-refractivity contribution in [2.45, 2.75) is 53.0 Å². The number of aryl methyl sites for hydroxylation is 1. The van der Waals surface area contributed by atoms with Gasteiger partial charge in [0, 0.05) is 4.47 Å². The second kappa shape index (κ2) is 7.03. The van der Waals surface area contributed by atoms with Gasteiger partial charge in [-0.25, -0.2) is 0 Å². The summed E-state index contributed by atoms with van der Waals surface area (Å²) in [5.74, 6) is 0.662. The van der Waals surface area contributed by atoms with Crippen molar-refractivity contribution in [1.29, 1.82) is 0 Å². The zero-order valence-electron chi connectivity index (χ0n) is 12.3. The molecule has 0 aliphatic carbocycles. The molecule has 5 heteroatoms. The lowest BCUT2D eigenvalue weighted by Crippen LogP contribution is -2.12. The topological polar surface area (TPSA) is 30.7 Å². The van der Waals surface area contributed by atoms with Gasteiger partial charge in [-0.05, 0) is 62.8 Å². The third-order valence-electron chi connectivity index (χ3n) is 3.74. The van der Waals surface area contributed by atoms with Crippen LogP contribution in [0.3, 0.4) is 0 Å². The van der Waals surface area contributed by atoms with Crippen LogP contribution in [-0.4, -0.2) is 15.0 Å². The zero-order valence-corrected chi connectivity index (χ0v) is 15.5. The van der Waals surface area contributed by atoms with Crippen LogP contribution in [0.5, 0.6) is 0 Å². The third kappa shape index (κ3) is 3.42. The van der Waals surface area contributed by atoms with E-state index in [1.807, 2.05) is 4.80 Å². The summed E-state index contributed by atoms with van der Waals surface area (Å²) in [5.41, 5.74) is 3.06. The largest absolute Gasteiger partial charge is 0.183 e. The van der Waals surface area contributed by atoms with Crippen LogP contribution in [0.4, 0.5) is 0 Å². The SMILES string of the molecule is CCCCC(CC)Cn1nc2c(Br)cc(C)c(Br)c2n1. The minimum atomic E-state index is 0.662. The van der Waals surface area contributed by atoms with Crippen LogP contribution in [0.2, 0.25) is 0 Å². The molecule has 1 aromatic heterocycles. The molecule has 0 saturated carbocycles. The van der Waals surface area contributed by atoms with E-state index in [9.17, 15) is 0 Å². The van der Waals surface area contributed by atoms with Crippen LogP contribution < -0.4 is 0 Å². The molecule has 2 rings (SSSR count). The van der Waals surface area contributed by atoms with E-state index in [2.05, 4.69) is 68.9 Å². The molecule has 1 unspecified atom stereocenters. The van der Waals surface area contributed by atoms with Crippen LogP contribution in [0.15, 0.2) is 15.0 Å². The number of benzene rings is 1. The van der Waals surface area contributed by atoms with Crippen LogP contribution in [-0.2, 0) is 6.54 Å². The van der Waals surface area contributed by atoms with Gasteiger partial charge < -0.3 is 0 Å². The highest BCUT2D eigenvalue weighted by molar-refractivity contribution is 9.11. The minimum Gasteiger partial charge on any atom is -0.183 e. The summed E-state index contributed by atoms with van der Waals surface area (Å²) in [6.07, 6.45) is 4.97. The Morgan fingerprint density at radius 1 is 1.20 bits per heavy atom. The molecule has 1 heterocycles. The van der Waals surface area contributed by atoms with Gasteiger partial charge in [0.05, 0.1) is 11.0 Å². The highest BCUT2D eigenvalue weighted by Gasteiger charge is 2.14. The lowest BCUT2D eigenvalue weighted by molar-refractivity contribution is 0.351. The second-order valence-corrected chi connectivity index (χ2v) is 7.01. The summed E-state index contributed by atoms with van der Waals surface area (Å²) in [6.45, 7) is 7.47. The first-order valence-electron chi connectivity index (χ1n) is 7.26. The average Bonchev–Trinajstić information content (AvgIpc) is 2.85. The number of hydrogen-bond acceptors (Lipinski definition) is 2. The van der Waals surface area contributed by atoms with Gasteiger partial charge in [-0.3, -0.25) is 0 Å². The van der Waals surface area contributed by atoms with Crippen molar-refractivity contribution in [2.24, 2.45) is 5.92 Å². The summed E-state index contributed by atoms with van der Waals surface area (Å²) >= 11 is 7.20. The maximum Gasteiger partial charge on any atom is 0.128 e. The van der Waals surface area contributed by atoms with E-state index < -0.39 is 0 Å². The molecular weight excluding hydrogens is 382 g/mol. The number of nitrogens with zero attached hydrogens (tertiary/aromatic N) is 3. The van der Waals surface area contributed by atoms with E-state index in [4.69, 9.17) is 0 Å². The first-order chi connectivity index (χ1) is 9.56. The molecule has 0 bridgehead atoms. The van der Waals surface area contributed by atoms with Crippen molar-refractivity contribution in [1.82, 2.24) is 15.0 Å². The summed E-state index contributed by atoms with van der Waals surface area (Å²) in [4.78, 5) is 1.86. The first-order valence-corrected chi connectivity index (χ1v) is 8.84. The van der Waals surface area contributed by atoms with Gasteiger partial charge in [0.2, 0.25) is 0 Å². The number of hydrogen-bond donors (Lipinski definition) is 0. The van der Waals surface area contributed by atoms with Crippen molar-refractivity contribution in [3.8, 4) is 0 Å². The lowest BCUT2D eigenvalue weighted by Gasteiger charge is -2.12. The molecule has 0 fully saturated rings. The predicted molar refractivity (Wildman–Crippen MR) is 91.0 cm³/mol. The molecule has 0 radical (unpaired) electrons. The summed E-state index contributed by atoms with van der Waals surface area (Å²) < 4.78 is 2.06. The summed E-state index contributed by atoms with van der Waals surface area (Å²) in [6, 6.07) is 2.08. The van der Waals surface area contributed by atoms with Crippen molar-refractivity contribution in [2.75, 3.05) is 0 Å². The Kier molecular flexibility index (Phi) is 5.61. The Hall–Kier alpha value is -0.420. The number of fused-ring (bicyclic) bond motifs is 1. The van der Waals surface area contributed by atoms with Gasteiger partial charge in [-0.15, -0.1) is 0 Å². The van der Waals surface area contributed by atoms with Gasteiger partial charge in [-0.2, -0.15) is 15.0 Å². The molecule has 0 amide bonds. The number of rotatable bonds is 6. The minimum absolute atomic E-state index is 0.662. The average molecular weight is 403 g/mol. The maximum atomic E-state index is 4.66. The quantitative estimate of drug-likeness (QED) is 0.640. The summed E-state index contributed by atoms with van der Waals surface area (Å²) in [5, 5.41) is 9.30. The molecule has 0 spiro atoms. The maximum absolute atomic E-state index is 4.66. The van der Waals surface area contributed by atoms with Crippen molar-refractivity contribution in [3.05, 3.63) is 20.6 Å². The fraction of sp³-hybridized carbons (Fsp3) is 0.600. The Labute approximate surface area is 137 Å². The Morgan fingerprint density at radius 3 is 2.55 bits per heavy atom. The van der Waals surface area contributed by atoms with E-state index in [1.165, 1.54) is 31.2 Å². The number of halogens is 2. The molecule has 0 saturated heterocycles. The van der Waals surface area contributed by atoms with E-state index >= 15 is 0 Å². The van der Waals surface area contributed by atoms with Crippen molar-refractivity contribution < 1.29 is 0 Å². The smallest absolute Gasteiger partial charge is 0.128 e. The molecule has 20 heavy (non-hydrogen) atoms. The third-order valence-corrected chi connectivity index (χ3v) is 5.35. The molecular formula is C15H21Br2N3. The standard InChI is InChI=1S/C15H21Br2N3/c1-4-6-7-11(5-2)9-20-18-14-12(16)8-10(3)13(17)15(14)19-20/h8,11H,4-7,9H2,1-3H3. The molecule has 110 valence electrons. The van der Waals surface area contributed by atoms with E-state index in [0.717, 1.165) is 26.5 Å². The molecule has 1 atom stereocenters. The monoisotopic (exact) mass is 401 g/mol. The van der Waals surface area contributed by atoms with Crippen LogP contribution in [0.1, 0.15) is 45.1 Å². The lowest BCUT2D eigenvalue weighted by atomic mass is 10.00. The van der Waals surface area contributed by atoms with Crippen LogP contribution in [0, 0.1) is 12.8 Å². The normalized spacial score (nSPS) is 13.1. The van der Waals surface area contributed by atoms with Gasteiger partial charge in [0.15, 0.2) is 0 Å². The highest BCUT2D eigenvalue weighted by Crippen LogP contribution is 2.31. The molecule has 0 aliphatic rings. The number of aromatic nitrogens is 3. The van der Waals surface area contributed by atoms with Crippen LogP contribution >= 0.6 is 31.9 Å². The Balaban J connectivity index is 2.27. The zero-order chi connectivity index (χ0) is 14.7. The van der Waals surface area contributed by atoms with Crippen molar-refractivity contribution in [3.63, 3.8) is 0 Å². The first kappa shape index (κ1) is 16.0. The highest BCUT2D eigenvalue weighted by atomic mass is 79.9. The van der Waals surface area contributed by atoms with Crippen LogP contribution in [0.25, 0.3) is 11.0 Å². The van der Waals surface area contributed by atoms with Gasteiger partial charge in [0.1, 0.15) is 11.0 Å².